The van der Waals surface area contributed by atoms with E-state index in [4.69, 9.17) is 34.3 Å². The van der Waals surface area contributed by atoms with Crippen molar-refractivity contribution in [3.63, 3.8) is 0 Å². The van der Waals surface area contributed by atoms with Crippen LogP contribution in [0, 0.1) is 5.82 Å². The molecule has 2 aromatic carbocycles. The molecule has 0 radical (unpaired) electrons. The predicted molar refractivity (Wildman–Crippen MR) is 78.1 cm³/mol. The first-order valence-electron chi connectivity index (χ1n) is 5.52. The van der Waals surface area contributed by atoms with Gasteiger partial charge in [-0.3, -0.25) is 0 Å². The lowest BCUT2D eigenvalue weighted by Crippen LogP contribution is -2.10. The minimum Gasteiger partial charge on any atom is -0.489 e. The van der Waals surface area contributed by atoms with Gasteiger partial charge in [0, 0.05) is 10.6 Å². The molecule has 0 saturated carbocycles. The van der Waals surface area contributed by atoms with E-state index in [1.54, 1.807) is 30.3 Å². The van der Waals surface area contributed by atoms with Gasteiger partial charge in [0.25, 0.3) is 0 Å². The SMILES string of the molecule is NC(=S)c1cc(F)cc(COc2ccc(Cl)cc2)c1. The summed E-state index contributed by atoms with van der Waals surface area (Å²) in [6.07, 6.45) is 0. The molecular weight excluding hydrogens is 285 g/mol. The molecule has 19 heavy (non-hydrogen) atoms. The fourth-order valence-corrected chi connectivity index (χ4v) is 1.82. The summed E-state index contributed by atoms with van der Waals surface area (Å²) in [5, 5.41) is 0.633. The number of nitrogens with two attached hydrogens (primary N) is 1. The van der Waals surface area contributed by atoms with Crippen molar-refractivity contribution in [2.45, 2.75) is 6.61 Å². The van der Waals surface area contributed by atoms with Crippen molar-refractivity contribution in [3.05, 3.63) is 64.4 Å². The zero-order valence-corrected chi connectivity index (χ0v) is 11.5. The van der Waals surface area contributed by atoms with E-state index >= 15 is 0 Å². The Bertz CT molecular complexity index is 601. The molecule has 0 spiro atoms. The lowest BCUT2D eigenvalue weighted by atomic mass is 10.1. The number of benzene rings is 2. The Morgan fingerprint density at radius 3 is 2.53 bits per heavy atom. The van der Waals surface area contributed by atoms with Crippen LogP contribution in [-0.4, -0.2) is 4.99 Å². The van der Waals surface area contributed by atoms with Crippen LogP contribution in [0.3, 0.4) is 0 Å². The van der Waals surface area contributed by atoms with Crippen LogP contribution < -0.4 is 10.5 Å². The van der Waals surface area contributed by atoms with Crippen molar-refractivity contribution >= 4 is 28.8 Å². The first-order chi connectivity index (χ1) is 9.04. The fourth-order valence-electron chi connectivity index (χ4n) is 1.57. The highest BCUT2D eigenvalue weighted by Gasteiger charge is 2.04. The van der Waals surface area contributed by atoms with Crippen molar-refractivity contribution < 1.29 is 9.13 Å². The minimum atomic E-state index is -0.389. The second kappa shape index (κ2) is 5.99. The molecule has 2 nitrogen and oxygen atoms in total. The number of hydrogen-bond acceptors (Lipinski definition) is 2. The number of ether oxygens (including phenoxy) is 1. The van der Waals surface area contributed by atoms with Gasteiger partial charge in [0.05, 0.1) is 0 Å². The summed E-state index contributed by atoms with van der Waals surface area (Å²) in [5.41, 5.74) is 6.64. The van der Waals surface area contributed by atoms with E-state index in [2.05, 4.69) is 0 Å². The number of rotatable bonds is 4. The molecular formula is C14H11ClFNOS. The van der Waals surface area contributed by atoms with Gasteiger partial charge < -0.3 is 10.5 Å². The van der Waals surface area contributed by atoms with Crippen molar-refractivity contribution in [2.75, 3.05) is 0 Å². The zero-order valence-electron chi connectivity index (χ0n) is 9.90. The molecule has 0 saturated heterocycles. The summed E-state index contributed by atoms with van der Waals surface area (Å²) in [5.74, 6) is 0.269. The average Bonchev–Trinajstić information content (AvgIpc) is 2.37. The molecule has 0 bridgehead atoms. The quantitative estimate of drug-likeness (QED) is 0.874. The van der Waals surface area contributed by atoms with Gasteiger partial charge >= 0.3 is 0 Å². The van der Waals surface area contributed by atoms with Gasteiger partial charge in [-0.15, -0.1) is 0 Å². The largest absolute Gasteiger partial charge is 0.489 e. The number of halogens is 2. The molecule has 98 valence electrons. The van der Waals surface area contributed by atoms with Crippen LogP contribution in [-0.2, 0) is 6.61 Å². The van der Waals surface area contributed by atoms with Gasteiger partial charge in [-0.2, -0.15) is 0 Å². The van der Waals surface area contributed by atoms with Gasteiger partial charge in [-0.1, -0.05) is 23.8 Å². The van der Waals surface area contributed by atoms with Gasteiger partial charge in [-0.05, 0) is 48.0 Å². The number of hydrogen-bond donors (Lipinski definition) is 1. The Morgan fingerprint density at radius 1 is 1.21 bits per heavy atom. The summed E-state index contributed by atoms with van der Waals surface area (Å²) < 4.78 is 18.9. The van der Waals surface area contributed by atoms with E-state index in [1.165, 1.54) is 12.1 Å². The molecule has 0 atom stereocenters. The Hall–Kier alpha value is -1.65. The zero-order chi connectivity index (χ0) is 13.8. The standard InChI is InChI=1S/C14H11ClFNOS/c15-11-1-3-13(4-2-11)18-8-9-5-10(14(17)19)7-12(16)6-9/h1-7H,8H2,(H2,17,19). The molecule has 0 aromatic heterocycles. The first kappa shape index (κ1) is 13.8. The maximum absolute atomic E-state index is 13.4. The second-order valence-electron chi connectivity index (χ2n) is 3.96. The van der Waals surface area contributed by atoms with Gasteiger partial charge in [-0.25, -0.2) is 4.39 Å². The molecule has 2 aromatic rings. The van der Waals surface area contributed by atoms with Crippen LogP contribution in [0.1, 0.15) is 11.1 Å². The molecule has 0 unspecified atom stereocenters. The lowest BCUT2D eigenvalue weighted by molar-refractivity contribution is 0.305. The van der Waals surface area contributed by atoms with Crippen molar-refractivity contribution in [1.29, 1.82) is 0 Å². The van der Waals surface area contributed by atoms with Crippen LogP contribution in [0.5, 0.6) is 5.75 Å². The van der Waals surface area contributed by atoms with Gasteiger partial charge in [0.2, 0.25) is 0 Å². The highest BCUT2D eigenvalue weighted by atomic mass is 35.5. The fraction of sp³-hybridized carbons (Fsp3) is 0.0714. The van der Waals surface area contributed by atoms with Gasteiger partial charge in [0.15, 0.2) is 0 Å². The highest BCUT2D eigenvalue weighted by molar-refractivity contribution is 7.80. The van der Waals surface area contributed by atoms with Crippen LogP contribution in [0.15, 0.2) is 42.5 Å². The summed E-state index contributed by atoms with van der Waals surface area (Å²) in [6, 6.07) is 11.3. The van der Waals surface area contributed by atoms with Crippen molar-refractivity contribution in [2.24, 2.45) is 5.73 Å². The molecule has 0 aliphatic rings. The maximum Gasteiger partial charge on any atom is 0.124 e. The van der Waals surface area contributed by atoms with Crippen molar-refractivity contribution in [1.82, 2.24) is 0 Å². The van der Waals surface area contributed by atoms with Gasteiger partial charge in [0.1, 0.15) is 23.2 Å². The van der Waals surface area contributed by atoms with Crippen molar-refractivity contribution in [3.8, 4) is 5.75 Å². The Kier molecular flexibility index (Phi) is 4.35. The van der Waals surface area contributed by atoms with E-state index in [0.29, 0.717) is 21.9 Å². The molecule has 2 rings (SSSR count). The summed E-state index contributed by atoms with van der Waals surface area (Å²) in [7, 11) is 0. The smallest absolute Gasteiger partial charge is 0.124 e. The van der Waals surface area contributed by atoms with E-state index in [-0.39, 0.29) is 17.4 Å². The monoisotopic (exact) mass is 295 g/mol. The normalized spacial score (nSPS) is 10.2. The van der Waals surface area contributed by atoms with Crippen LogP contribution in [0.2, 0.25) is 5.02 Å². The molecule has 0 aliphatic carbocycles. The van der Waals surface area contributed by atoms with Crippen LogP contribution >= 0.6 is 23.8 Å². The molecule has 0 fully saturated rings. The van der Waals surface area contributed by atoms with E-state index in [1.807, 2.05) is 0 Å². The summed E-state index contributed by atoms with van der Waals surface area (Å²) >= 11 is 10.6. The molecule has 0 aliphatic heterocycles. The van der Waals surface area contributed by atoms with E-state index in [0.717, 1.165) is 0 Å². The third-order valence-corrected chi connectivity index (χ3v) is 2.95. The Labute approximate surface area is 120 Å². The third kappa shape index (κ3) is 3.91. The molecule has 2 N–H and O–H groups in total. The van der Waals surface area contributed by atoms with Crippen LogP contribution in [0.4, 0.5) is 4.39 Å². The summed E-state index contributed by atoms with van der Waals surface area (Å²) in [6.45, 7) is 0.231. The second-order valence-corrected chi connectivity index (χ2v) is 4.83. The highest BCUT2D eigenvalue weighted by Crippen LogP contribution is 2.17. The molecule has 0 amide bonds. The predicted octanol–water partition coefficient (Wildman–Crippen LogP) is 3.69. The maximum atomic E-state index is 13.4. The third-order valence-electron chi connectivity index (χ3n) is 2.46. The molecule has 0 heterocycles. The Morgan fingerprint density at radius 2 is 1.89 bits per heavy atom. The van der Waals surface area contributed by atoms with E-state index < -0.39 is 0 Å². The summed E-state index contributed by atoms with van der Waals surface area (Å²) in [4.78, 5) is 0.159. The lowest BCUT2D eigenvalue weighted by Gasteiger charge is -2.08. The average molecular weight is 296 g/mol. The minimum absolute atomic E-state index is 0.159. The van der Waals surface area contributed by atoms with E-state index in [9.17, 15) is 4.39 Å². The topological polar surface area (TPSA) is 35.2 Å². The Balaban J connectivity index is 2.11. The first-order valence-corrected chi connectivity index (χ1v) is 6.31. The number of thiocarbonyl (C=S) groups is 1. The van der Waals surface area contributed by atoms with Crippen LogP contribution in [0.25, 0.3) is 0 Å². The molecule has 5 heteroatoms.